The Morgan fingerprint density at radius 2 is 1.79 bits per heavy atom. The smallest absolute Gasteiger partial charge is 0.252 e. The summed E-state index contributed by atoms with van der Waals surface area (Å²) in [5.74, 6) is -0.0962. The average Bonchev–Trinajstić information content (AvgIpc) is 2.42. The zero-order chi connectivity index (χ0) is 13.8. The highest BCUT2D eigenvalue weighted by Gasteiger charge is 2.13. The first-order valence-corrected chi connectivity index (χ1v) is 6.30. The van der Waals surface area contributed by atoms with Crippen LogP contribution < -0.4 is 11.1 Å². The number of carbonyl (C=O) groups excluding carboxylic acids is 1. The minimum atomic E-state index is -0.0962. The van der Waals surface area contributed by atoms with E-state index in [2.05, 4.69) is 5.32 Å². The highest BCUT2D eigenvalue weighted by atomic mass is 16.1. The van der Waals surface area contributed by atoms with Crippen LogP contribution in [-0.4, -0.2) is 5.91 Å². The lowest BCUT2D eigenvalue weighted by atomic mass is 10.0. The van der Waals surface area contributed by atoms with Gasteiger partial charge in [-0.1, -0.05) is 36.4 Å². The summed E-state index contributed by atoms with van der Waals surface area (Å²) in [6.07, 6.45) is 0. The summed E-state index contributed by atoms with van der Waals surface area (Å²) in [4.78, 5) is 12.2. The van der Waals surface area contributed by atoms with Crippen molar-refractivity contribution in [2.45, 2.75) is 19.9 Å². The second-order valence-corrected chi connectivity index (χ2v) is 4.63. The largest absolute Gasteiger partial charge is 0.398 e. The van der Waals surface area contributed by atoms with Crippen LogP contribution in [0.3, 0.4) is 0 Å². The number of hydrogen-bond donors (Lipinski definition) is 2. The van der Waals surface area contributed by atoms with Crippen LogP contribution in [-0.2, 0) is 0 Å². The van der Waals surface area contributed by atoms with Gasteiger partial charge in [0.1, 0.15) is 0 Å². The van der Waals surface area contributed by atoms with Crippen molar-refractivity contribution in [2.75, 3.05) is 5.73 Å². The Bertz CT molecular complexity index is 579. The van der Waals surface area contributed by atoms with Gasteiger partial charge in [0, 0.05) is 11.3 Å². The summed E-state index contributed by atoms with van der Waals surface area (Å²) in [5, 5.41) is 2.99. The molecule has 0 radical (unpaired) electrons. The lowest BCUT2D eigenvalue weighted by Gasteiger charge is -2.15. The van der Waals surface area contributed by atoms with E-state index in [1.54, 1.807) is 18.2 Å². The van der Waals surface area contributed by atoms with Gasteiger partial charge in [-0.25, -0.2) is 0 Å². The molecular weight excluding hydrogens is 236 g/mol. The van der Waals surface area contributed by atoms with E-state index in [0.717, 1.165) is 11.1 Å². The van der Waals surface area contributed by atoms with Crippen LogP contribution >= 0.6 is 0 Å². The third-order valence-electron chi connectivity index (χ3n) is 3.27. The van der Waals surface area contributed by atoms with E-state index >= 15 is 0 Å². The first kappa shape index (κ1) is 13.1. The second-order valence-electron chi connectivity index (χ2n) is 4.63. The fraction of sp³-hybridized carbons (Fsp3) is 0.188. The van der Waals surface area contributed by atoms with E-state index in [9.17, 15) is 4.79 Å². The molecule has 0 unspecified atom stereocenters. The van der Waals surface area contributed by atoms with E-state index < -0.39 is 0 Å². The summed E-state index contributed by atoms with van der Waals surface area (Å²) in [6.45, 7) is 3.83. The lowest BCUT2D eigenvalue weighted by molar-refractivity contribution is 0.0939. The van der Waals surface area contributed by atoms with E-state index in [-0.39, 0.29) is 11.9 Å². The number of nitrogens with two attached hydrogens (primary N) is 1. The van der Waals surface area contributed by atoms with E-state index in [0.29, 0.717) is 11.3 Å². The number of hydrogen-bond acceptors (Lipinski definition) is 2. The van der Waals surface area contributed by atoms with Crippen molar-refractivity contribution in [1.29, 1.82) is 0 Å². The van der Waals surface area contributed by atoms with Gasteiger partial charge in [0.25, 0.3) is 5.91 Å². The van der Waals surface area contributed by atoms with Crippen LogP contribution in [0.4, 0.5) is 5.69 Å². The summed E-state index contributed by atoms with van der Waals surface area (Å²) in [6, 6.07) is 15.2. The molecule has 3 nitrogen and oxygen atoms in total. The van der Waals surface area contributed by atoms with Gasteiger partial charge in [-0.3, -0.25) is 4.79 Å². The molecular formula is C16H18N2O. The Balaban J connectivity index is 2.16. The fourth-order valence-corrected chi connectivity index (χ4v) is 2.00. The molecule has 1 atom stereocenters. The van der Waals surface area contributed by atoms with E-state index in [1.165, 1.54) is 0 Å². The van der Waals surface area contributed by atoms with Crippen LogP contribution in [0.5, 0.6) is 0 Å². The minimum absolute atomic E-state index is 0.0328. The molecule has 0 fully saturated rings. The molecule has 0 heterocycles. The summed E-state index contributed by atoms with van der Waals surface area (Å²) < 4.78 is 0. The monoisotopic (exact) mass is 254 g/mol. The molecule has 0 aliphatic rings. The van der Waals surface area contributed by atoms with Crippen LogP contribution in [0.25, 0.3) is 0 Å². The fourth-order valence-electron chi connectivity index (χ4n) is 2.00. The van der Waals surface area contributed by atoms with Crippen molar-refractivity contribution in [2.24, 2.45) is 0 Å². The molecule has 98 valence electrons. The molecule has 0 aliphatic carbocycles. The third-order valence-corrected chi connectivity index (χ3v) is 3.27. The minimum Gasteiger partial charge on any atom is -0.398 e. The van der Waals surface area contributed by atoms with Gasteiger partial charge in [0.05, 0.1) is 6.04 Å². The van der Waals surface area contributed by atoms with Gasteiger partial charge in [-0.15, -0.1) is 0 Å². The van der Waals surface area contributed by atoms with Gasteiger partial charge in [0.2, 0.25) is 0 Å². The lowest BCUT2D eigenvalue weighted by Crippen LogP contribution is -2.27. The van der Waals surface area contributed by atoms with Crippen molar-refractivity contribution in [3.05, 3.63) is 65.2 Å². The Labute approximate surface area is 113 Å². The van der Waals surface area contributed by atoms with E-state index in [1.807, 2.05) is 44.2 Å². The van der Waals surface area contributed by atoms with E-state index in [4.69, 9.17) is 5.73 Å². The predicted octanol–water partition coefficient (Wildman–Crippen LogP) is 3.07. The number of carbonyl (C=O) groups is 1. The molecule has 3 heteroatoms. The molecule has 0 aromatic heterocycles. The Kier molecular flexibility index (Phi) is 3.85. The normalized spacial score (nSPS) is 11.9. The Morgan fingerprint density at radius 1 is 1.11 bits per heavy atom. The zero-order valence-electron chi connectivity index (χ0n) is 11.2. The number of benzene rings is 2. The molecule has 2 aromatic rings. The zero-order valence-corrected chi connectivity index (χ0v) is 11.2. The van der Waals surface area contributed by atoms with Crippen LogP contribution in [0.1, 0.15) is 34.5 Å². The van der Waals surface area contributed by atoms with Crippen LogP contribution in [0.15, 0.2) is 48.5 Å². The summed E-state index contributed by atoms with van der Waals surface area (Å²) in [7, 11) is 0. The van der Waals surface area contributed by atoms with Crippen molar-refractivity contribution in [3.8, 4) is 0 Å². The Hall–Kier alpha value is -2.29. The quantitative estimate of drug-likeness (QED) is 0.827. The van der Waals surface area contributed by atoms with Crippen molar-refractivity contribution >= 4 is 11.6 Å². The highest BCUT2D eigenvalue weighted by Crippen LogP contribution is 2.17. The van der Waals surface area contributed by atoms with Crippen LogP contribution in [0.2, 0.25) is 0 Å². The third kappa shape index (κ3) is 2.94. The standard InChI is InChI=1S/C16H18N2O/c1-11-14(9-6-10-15(11)17)16(19)18-12(2)13-7-4-3-5-8-13/h3-10,12H,17H2,1-2H3,(H,18,19)/t12-/m1/s1. The maximum atomic E-state index is 12.2. The van der Waals surface area contributed by atoms with Gasteiger partial charge >= 0.3 is 0 Å². The molecule has 19 heavy (non-hydrogen) atoms. The van der Waals surface area contributed by atoms with Gasteiger partial charge in [-0.2, -0.15) is 0 Å². The molecule has 0 aliphatic heterocycles. The molecule has 2 aromatic carbocycles. The number of nitrogen functional groups attached to an aromatic ring is 1. The molecule has 0 saturated carbocycles. The molecule has 0 bridgehead atoms. The number of nitrogens with one attached hydrogen (secondary N) is 1. The van der Waals surface area contributed by atoms with Crippen molar-refractivity contribution in [3.63, 3.8) is 0 Å². The molecule has 2 rings (SSSR count). The molecule has 0 spiro atoms. The Morgan fingerprint density at radius 3 is 2.47 bits per heavy atom. The molecule has 1 amide bonds. The summed E-state index contributed by atoms with van der Waals surface area (Å²) >= 11 is 0. The molecule has 3 N–H and O–H groups in total. The van der Waals surface area contributed by atoms with Gasteiger partial charge < -0.3 is 11.1 Å². The molecule has 0 saturated heterocycles. The van der Waals surface area contributed by atoms with Gasteiger partial charge in [-0.05, 0) is 37.1 Å². The average molecular weight is 254 g/mol. The topological polar surface area (TPSA) is 55.1 Å². The van der Waals surface area contributed by atoms with Crippen molar-refractivity contribution in [1.82, 2.24) is 5.32 Å². The number of rotatable bonds is 3. The second kappa shape index (κ2) is 5.57. The van der Waals surface area contributed by atoms with Crippen LogP contribution in [0, 0.1) is 6.92 Å². The highest BCUT2D eigenvalue weighted by molar-refractivity contribution is 5.97. The summed E-state index contributed by atoms with van der Waals surface area (Å²) in [5.41, 5.74) is 8.99. The number of amides is 1. The first-order chi connectivity index (χ1) is 9.09. The first-order valence-electron chi connectivity index (χ1n) is 6.30. The SMILES string of the molecule is Cc1c(N)cccc1C(=O)N[C@H](C)c1ccccc1. The van der Waals surface area contributed by atoms with Gasteiger partial charge in [0.15, 0.2) is 0 Å². The predicted molar refractivity (Wildman–Crippen MR) is 77.9 cm³/mol. The maximum absolute atomic E-state index is 12.2. The van der Waals surface area contributed by atoms with Crippen molar-refractivity contribution < 1.29 is 4.79 Å². The number of anilines is 1. The maximum Gasteiger partial charge on any atom is 0.252 e.